The van der Waals surface area contributed by atoms with Crippen molar-refractivity contribution in [2.75, 3.05) is 6.54 Å². The third-order valence-electron chi connectivity index (χ3n) is 2.76. The van der Waals surface area contributed by atoms with Crippen molar-refractivity contribution in [2.24, 2.45) is 11.5 Å². The molecule has 20 heavy (non-hydrogen) atoms. The zero-order chi connectivity index (χ0) is 14.5. The fraction of sp³-hybridized carbons (Fsp3) is 0.538. The van der Waals surface area contributed by atoms with Gasteiger partial charge in [0.15, 0.2) is 0 Å². The standard InChI is InChI=1S/C13H19F3N2O.ClH/c1-9(18)8-11(6-7-17)10-2-4-12(5-3-10)19-13(14,15)16;/h2-5,9,11H,6-8,17-18H2,1H3;1H. The molecule has 0 heterocycles. The van der Waals surface area contributed by atoms with Crippen molar-refractivity contribution < 1.29 is 17.9 Å². The van der Waals surface area contributed by atoms with Crippen LogP contribution in [0.15, 0.2) is 24.3 Å². The molecule has 1 aromatic rings. The topological polar surface area (TPSA) is 61.3 Å². The molecular weight excluding hydrogens is 293 g/mol. The van der Waals surface area contributed by atoms with Gasteiger partial charge in [0.1, 0.15) is 5.75 Å². The van der Waals surface area contributed by atoms with Gasteiger partial charge < -0.3 is 16.2 Å². The summed E-state index contributed by atoms with van der Waals surface area (Å²) in [6.07, 6.45) is -3.17. The molecule has 0 aliphatic carbocycles. The van der Waals surface area contributed by atoms with Gasteiger partial charge in [-0.2, -0.15) is 0 Å². The van der Waals surface area contributed by atoms with Crippen molar-refractivity contribution >= 4 is 12.4 Å². The van der Waals surface area contributed by atoms with Crippen LogP contribution in [0.5, 0.6) is 5.75 Å². The van der Waals surface area contributed by atoms with Gasteiger partial charge in [0.05, 0.1) is 0 Å². The number of ether oxygens (including phenoxy) is 1. The van der Waals surface area contributed by atoms with Gasteiger partial charge in [0.2, 0.25) is 0 Å². The molecular formula is C13H20ClF3N2O. The van der Waals surface area contributed by atoms with E-state index in [4.69, 9.17) is 11.5 Å². The quantitative estimate of drug-likeness (QED) is 0.848. The second kappa shape index (κ2) is 8.34. The molecule has 1 aromatic carbocycles. The molecule has 0 aromatic heterocycles. The molecule has 0 bridgehead atoms. The number of alkyl halides is 3. The van der Waals surface area contributed by atoms with E-state index in [-0.39, 0.29) is 30.1 Å². The zero-order valence-corrected chi connectivity index (χ0v) is 12.0. The molecule has 0 radical (unpaired) electrons. The molecule has 0 saturated carbocycles. The van der Waals surface area contributed by atoms with E-state index in [1.54, 1.807) is 12.1 Å². The van der Waals surface area contributed by atoms with Gasteiger partial charge in [-0.15, -0.1) is 25.6 Å². The van der Waals surface area contributed by atoms with Crippen LogP contribution < -0.4 is 16.2 Å². The minimum atomic E-state index is -4.66. The molecule has 2 unspecified atom stereocenters. The molecule has 0 aliphatic heterocycles. The third-order valence-corrected chi connectivity index (χ3v) is 2.76. The molecule has 0 aliphatic rings. The van der Waals surface area contributed by atoms with Crippen molar-refractivity contribution in [1.82, 2.24) is 0 Å². The number of benzene rings is 1. The van der Waals surface area contributed by atoms with Crippen LogP contribution in [0.1, 0.15) is 31.2 Å². The highest BCUT2D eigenvalue weighted by Gasteiger charge is 2.31. The second-order valence-electron chi connectivity index (χ2n) is 4.60. The summed E-state index contributed by atoms with van der Waals surface area (Å²) >= 11 is 0. The van der Waals surface area contributed by atoms with E-state index in [1.165, 1.54) is 12.1 Å². The highest BCUT2D eigenvalue weighted by atomic mass is 35.5. The van der Waals surface area contributed by atoms with Gasteiger partial charge in [0, 0.05) is 6.04 Å². The molecule has 0 fully saturated rings. The van der Waals surface area contributed by atoms with Crippen molar-refractivity contribution in [3.63, 3.8) is 0 Å². The molecule has 2 atom stereocenters. The summed E-state index contributed by atoms with van der Waals surface area (Å²) in [6, 6.07) is 5.90. The Morgan fingerprint density at radius 3 is 2.15 bits per heavy atom. The Bertz CT molecular complexity index is 382. The van der Waals surface area contributed by atoms with Crippen LogP contribution in [0.4, 0.5) is 13.2 Å². The van der Waals surface area contributed by atoms with Crippen LogP contribution in [0.25, 0.3) is 0 Å². The van der Waals surface area contributed by atoms with E-state index in [9.17, 15) is 13.2 Å². The first kappa shape index (κ1) is 19.0. The fourth-order valence-electron chi connectivity index (χ4n) is 2.01. The molecule has 4 N–H and O–H groups in total. The van der Waals surface area contributed by atoms with Gasteiger partial charge >= 0.3 is 6.36 Å². The number of nitrogens with two attached hydrogens (primary N) is 2. The maximum absolute atomic E-state index is 12.0. The van der Waals surface area contributed by atoms with E-state index >= 15 is 0 Å². The van der Waals surface area contributed by atoms with E-state index in [0.29, 0.717) is 6.54 Å². The lowest BCUT2D eigenvalue weighted by molar-refractivity contribution is -0.274. The van der Waals surface area contributed by atoms with Crippen LogP contribution >= 0.6 is 12.4 Å². The maximum atomic E-state index is 12.0. The summed E-state index contributed by atoms with van der Waals surface area (Å²) < 4.78 is 39.9. The minimum absolute atomic E-state index is 0. The first-order chi connectivity index (χ1) is 8.81. The lowest BCUT2D eigenvalue weighted by atomic mass is 9.90. The molecule has 3 nitrogen and oxygen atoms in total. The average Bonchev–Trinajstić information content (AvgIpc) is 2.27. The summed E-state index contributed by atoms with van der Waals surface area (Å²) in [4.78, 5) is 0. The molecule has 7 heteroatoms. The van der Waals surface area contributed by atoms with Gasteiger partial charge in [-0.3, -0.25) is 0 Å². The van der Waals surface area contributed by atoms with Crippen molar-refractivity contribution in [1.29, 1.82) is 0 Å². The monoisotopic (exact) mass is 312 g/mol. The minimum Gasteiger partial charge on any atom is -0.406 e. The summed E-state index contributed by atoms with van der Waals surface area (Å²) in [5.74, 6) is -0.0616. The molecule has 1 rings (SSSR count). The van der Waals surface area contributed by atoms with Gasteiger partial charge in [0.25, 0.3) is 0 Å². The van der Waals surface area contributed by atoms with Crippen molar-refractivity contribution in [3.8, 4) is 5.75 Å². The fourth-order valence-corrected chi connectivity index (χ4v) is 2.01. The number of hydrogen-bond donors (Lipinski definition) is 2. The maximum Gasteiger partial charge on any atom is 0.573 e. The predicted octanol–water partition coefficient (Wildman–Crippen LogP) is 3.18. The first-order valence-electron chi connectivity index (χ1n) is 6.13. The van der Waals surface area contributed by atoms with Crippen molar-refractivity contribution in [2.45, 2.75) is 38.1 Å². The lowest BCUT2D eigenvalue weighted by Crippen LogP contribution is -2.20. The Morgan fingerprint density at radius 1 is 1.20 bits per heavy atom. The number of hydrogen-bond acceptors (Lipinski definition) is 3. The zero-order valence-electron chi connectivity index (χ0n) is 11.2. The highest BCUT2D eigenvalue weighted by Crippen LogP contribution is 2.28. The normalized spacial score (nSPS) is 14.3. The third kappa shape index (κ3) is 6.98. The number of halogens is 4. The van der Waals surface area contributed by atoms with E-state index < -0.39 is 6.36 Å². The van der Waals surface area contributed by atoms with Crippen LogP contribution in [0, 0.1) is 0 Å². The summed E-state index contributed by atoms with van der Waals surface area (Å²) in [5, 5.41) is 0. The van der Waals surface area contributed by atoms with Gasteiger partial charge in [-0.05, 0) is 49.9 Å². The predicted molar refractivity (Wildman–Crippen MR) is 75.1 cm³/mol. The summed E-state index contributed by atoms with van der Waals surface area (Å²) in [6.45, 7) is 2.41. The Labute approximate surface area is 122 Å². The Kier molecular flexibility index (Phi) is 7.93. The van der Waals surface area contributed by atoms with E-state index in [0.717, 1.165) is 18.4 Å². The summed E-state index contributed by atoms with van der Waals surface area (Å²) in [5.41, 5.74) is 12.2. The van der Waals surface area contributed by atoms with Crippen molar-refractivity contribution in [3.05, 3.63) is 29.8 Å². The average molecular weight is 313 g/mol. The smallest absolute Gasteiger partial charge is 0.406 e. The van der Waals surface area contributed by atoms with Crippen LogP contribution in [-0.2, 0) is 0 Å². The Balaban J connectivity index is 0.00000361. The first-order valence-corrected chi connectivity index (χ1v) is 6.13. The Morgan fingerprint density at radius 2 is 1.75 bits per heavy atom. The molecule has 0 amide bonds. The van der Waals surface area contributed by atoms with Gasteiger partial charge in [-0.1, -0.05) is 12.1 Å². The van der Waals surface area contributed by atoms with Crippen LogP contribution in [-0.4, -0.2) is 18.9 Å². The SMILES string of the molecule is CC(N)CC(CCN)c1ccc(OC(F)(F)F)cc1.Cl. The Hall–Kier alpha value is -0.980. The lowest BCUT2D eigenvalue weighted by Gasteiger charge is -2.19. The summed E-state index contributed by atoms with van der Waals surface area (Å²) in [7, 11) is 0. The number of rotatable bonds is 6. The van der Waals surface area contributed by atoms with Crippen LogP contribution in [0.2, 0.25) is 0 Å². The van der Waals surface area contributed by atoms with E-state index in [1.807, 2.05) is 6.92 Å². The molecule has 0 saturated heterocycles. The van der Waals surface area contributed by atoms with E-state index in [2.05, 4.69) is 4.74 Å². The molecule has 0 spiro atoms. The van der Waals surface area contributed by atoms with Gasteiger partial charge in [-0.25, -0.2) is 0 Å². The van der Waals surface area contributed by atoms with Crippen LogP contribution in [0.3, 0.4) is 0 Å². The molecule has 116 valence electrons. The largest absolute Gasteiger partial charge is 0.573 e. The highest BCUT2D eigenvalue weighted by molar-refractivity contribution is 5.85. The second-order valence-corrected chi connectivity index (χ2v) is 4.60.